The summed E-state index contributed by atoms with van der Waals surface area (Å²) in [5.41, 5.74) is 2.99. The van der Waals surface area contributed by atoms with Gasteiger partial charge in [-0.15, -0.1) is 0 Å². The van der Waals surface area contributed by atoms with Crippen LogP contribution in [-0.2, 0) is 4.79 Å². The zero-order valence-electron chi connectivity index (χ0n) is 20.7. The van der Waals surface area contributed by atoms with Crippen molar-refractivity contribution in [2.75, 3.05) is 23.7 Å². The fourth-order valence-electron chi connectivity index (χ4n) is 5.87. The Labute approximate surface area is 208 Å². The minimum absolute atomic E-state index is 0.188. The second-order valence-corrected chi connectivity index (χ2v) is 10.5. The smallest absolute Gasteiger partial charge is 0.229 e. The topological polar surface area (TPSA) is 103 Å². The van der Waals surface area contributed by atoms with Crippen molar-refractivity contribution in [2.24, 2.45) is 5.92 Å². The number of aromatic nitrogens is 3. The first kappa shape index (κ1) is 24.0. The van der Waals surface area contributed by atoms with Crippen molar-refractivity contribution in [3.63, 3.8) is 0 Å². The molecular formula is C27H38N6O2. The summed E-state index contributed by atoms with van der Waals surface area (Å²) in [5, 5.41) is 16.9. The summed E-state index contributed by atoms with van der Waals surface area (Å²) < 4.78 is 0. The molecule has 0 radical (unpaired) electrons. The molecule has 8 nitrogen and oxygen atoms in total. The van der Waals surface area contributed by atoms with Gasteiger partial charge in [0, 0.05) is 54.4 Å². The van der Waals surface area contributed by atoms with Crippen molar-refractivity contribution in [3.8, 4) is 0 Å². The lowest BCUT2D eigenvalue weighted by Gasteiger charge is -2.35. The molecule has 1 aliphatic heterocycles. The molecule has 3 aliphatic rings. The maximum absolute atomic E-state index is 12.9. The molecule has 2 saturated carbocycles. The van der Waals surface area contributed by atoms with E-state index in [4.69, 9.17) is 4.98 Å². The van der Waals surface area contributed by atoms with Crippen LogP contribution in [0.15, 0.2) is 24.5 Å². The number of amides is 1. The largest absolute Gasteiger partial charge is 0.393 e. The van der Waals surface area contributed by atoms with Gasteiger partial charge in [-0.1, -0.05) is 12.8 Å². The molecular weight excluding hydrogens is 440 g/mol. The summed E-state index contributed by atoms with van der Waals surface area (Å²) in [6, 6.07) is 4.19. The molecule has 188 valence electrons. The average Bonchev–Trinajstić information content (AvgIpc) is 3.41. The number of nitrogens with one attached hydrogen (secondary N) is 2. The number of hydrogen-bond acceptors (Lipinski definition) is 7. The molecule has 35 heavy (non-hydrogen) atoms. The van der Waals surface area contributed by atoms with E-state index in [1.54, 1.807) is 6.20 Å². The number of pyridine rings is 1. The van der Waals surface area contributed by atoms with E-state index in [0.717, 1.165) is 87.2 Å². The number of rotatable bonds is 6. The highest BCUT2D eigenvalue weighted by molar-refractivity contribution is 5.79. The number of nitrogens with zero attached hydrogens (tertiary/aromatic N) is 4. The normalized spacial score (nSPS) is 23.9. The number of carbonyl (C=O) groups excluding carboxylic acids is 1. The molecule has 0 unspecified atom stereocenters. The Morgan fingerprint density at radius 2 is 1.77 bits per heavy atom. The van der Waals surface area contributed by atoms with E-state index in [1.807, 2.05) is 25.3 Å². The highest BCUT2D eigenvalue weighted by Crippen LogP contribution is 2.35. The van der Waals surface area contributed by atoms with E-state index < -0.39 is 0 Å². The van der Waals surface area contributed by atoms with Crippen molar-refractivity contribution in [1.29, 1.82) is 0 Å². The van der Waals surface area contributed by atoms with Crippen LogP contribution in [0.25, 0.3) is 0 Å². The van der Waals surface area contributed by atoms with Crippen LogP contribution in [0.3, 0.4) is 0 Å². The highest BCUT2D eigenvalue weighted by Gasteiger charge is 2.32. The fraction of sp³-hybridized carbons (Fsp3) is 0.630. The van der Waals surface area contributed by atoms with Crippen molar-refractivity contribution in [3.05, 3.63) is 35.8 Å². The highest BCUT2D eigenvalue weighted by atomic mass is 16.3. The van der Waals surface area contributed by atoms with Gasteiger partial charge >= 0.3 is 0 Å². The van der Waals surface area contributed by atoms with E-state index >= 15 is 0 Å². The summed E-state index contributed by atoms with van der Waals surface area (Å²) in [7, 11) is 0. The molecule has 3 heterocycles. The van der Waals surface area contributed by atoms with Crippen molar-refractivity contribution in [2.45, 2.75) is 89.2 Å². The van der Waals surface area contributed by atoms with E-state index in [2.05, 4.69) is 25.5 Å². The maximum atomic E-state index is 12.9. The van der Waals surface area contributed by atoms with Crippen LogP contribution in [0.5, 0.6) is 0 Å². The van der Waals surface area contributed by atoms with Gasteiger partial charge in [0.15, 0.2) is 0 Å². The van der Waals surface area contributed by atoms with Gasteiger partial charge in [-0.2, -0.15) is 4.98 Å². The summed E-state index contributed by atoms with van der Waals surface area (Å²) >= 11 is 0. The molecule has 0 aromatic carbocycles. The van der Waals surface area contributed by atoms with Gasteiger partial charge in [-0.3, -0.25) is 9.78 Å². The van der Waals surface area contributed by atoms with Crippen LogP contribution in [0.1, 0.15) is 81.4 Å². The van der Waals surface area contributed by atoms with Crippen LogP contribution in [0, 0.1) is 12.8 Å². The van der Waals surface area contributed by atoms with Crippen molar-refractivity contribution < 1.29 is 9.90 Å². The Morgan fingerprint density at radius 1 is 1.03 bits per heavy atom. The Hall–Kier alpha value is -2.74. The molecule has 2 aliphatic carbocycles. The van der Waals surface area contributed by atoms with Gasteiger partial charge < -0.3 is 20.6 Å². The third-order valence-electron chi connectivity index (χ3n) is 7.96. The number of carbonyl (C=O) groups is 1. The fourth-order valence-corrected chi connectivity index (χ4v) is 5.87. The molecule has 3 N–H and O–H groups in total. The average molecular weight is 479 g/mol. The summed E-state index contributed by atoms with van der Waals surface area (Å²) in [6.07, 6.45) is 13.4. The first-order chi connectivity index (χ1) is 17.0. The minimum Gasteiger partial charge on any atom is -0.393 e. The number of anilines is 3. The maximum Gasteiger partial charge on any atom is 0.229 e. The number of piperidine rings is 1. The lowest BCUT2D eigenvalue weighted by atomic mass is 9.89. The van der Waals surface area contributed by atoms with Gasteiger partial charge in [0.05, 0.1) is 6.10 Å². The van der Waals surface area contributed by atoms with Crippen molar-refractivity contribution in [1.82, 2.24) is 19.9 Å². The van der Waals surface area contributed by atoms with Crippen LogP contribution < -0.4 is 10.6 Å². The Morgan fingerprint density at radius 3 is 2.49 bits per heavy atom. The second kappa shape index (κ2) is 10.9. The van der Waals surface area contributed by atoms with E-state index in [0.29, 0.717) is 23.8 Å². The molecule has 5 rings (SSSR count). The summed E-state index contributed by atoms with van der Waals surface area (Å²) in [5.74, 6) is 2.39. The number of aliphatic hydroxyl groups is 1. The molecule has 2 aromatic rings. The standard InChI is InChI=1S/C27H38N6O2/c1-18-16-22(10-13-28-18)31-27-29-17-24(25(32-27)30-21-6-8-23(34)9-7-21)19-11-14-33(15-12-19)26(35)20-4-2-3-5-20/h10,13,16-17,19-21,23,34H,2-9,11-12,14-15H2,1H3,(H2,28,29,30,31,32). The van der Waals surface area contributed by atoms with Crippen LogP contribution in [0.2, 0.25) is 0 Å². The van der Waals surface area contributed by atoms with E-state index in [-0.39, 0.29) is 12.0 Å². The van der Waals surface area contributed by atoms with Crippen LogP contribution >= 0.6 is 0 Å². The number of aryl methyl sites for hydroxylation is 1. The molecule has 0 bridgehead atoms. The quantitative estimate of drug-likeness (QED) is 0.560. The first-order valence-corrected chi connectivity index (χ1v) is 13.3. The van der Waals surface area contributed by atoms with Gasteiger partial charge in [0.1, 0.15) is 5.82 Å². The lowest BCUT2D eigenvalue weighted by molar-refractivity contribution is -0.136. The van der Waals surface area contributed by atoms with Gasteiger partial charge in [0.25, 0.3) is 0 Å². The summed E-state index contributed by atoms with van der Waals surface area (Å²) in [6.45, 7) is 3.58. The second-order valence-electron chi connectivity index (χ2n) is 10.5. The number of hydrogen-bond donors (Lipinski definition) is 3. The van der Waals surface area contributed by atoms with Gasteiger partial charge in [-0.05, 0) is 76.3 Å². The van der Waals surface area contributed by atoms with Crippen LogP contribution in [0.4, 0.5) is 17.5 Å². The molecule has 8 heteroatoms. The lowest BCUT2D eigenvalue weighted by Crippen LogP contribution is -2.41. The number of aliphatic hydroxyl groups excluding tert-OH is 1. The molecule has 1 amide bonds. The minimum atomic E-state index is -0.188. The Balaban J connectivity index is 1.31. The van der Waals surface area contributed by atoms with E-state index in [1.165, 1.54) is 12.8 Å². The molecule has 1 saturated heterocycles. The molecule has 0 atom stereocenters. The third kappa shape index (κ3) is 5.92. The zero-order valence-corrected chi connectivity index (χ0v) is 20.7. The predicted octanol–water partition coefficient (Wildman–Crippen LogP) is 4.54. The first-order valence-electron chi connectivity index (χ1n) is 13.3. The van der Waals surface area contributed by atoms with Crippen molar-refractivity contribution >= 4 is 23.4 Å². The van der Waals surface area contributed by atoms with Crippen LogP contribution in [-0.4, -0.2) is 56.1 Å². The van der Waals surface area contributed by atoms with E-state index in [9.17, 15) is 9.90 Å². The Kier molecular flexibility index (Phi) is 7.46. The molecule has 0 spiro atoms. The monoisotopic (exact) mass is 478 g/mol. The number of likely N-dealkylation sites (tertiary alicyclic amines) is 1. The molecule has 3 fully saturated rings. The van der Waals surface area contributed by atoms with Gasteiger partial charge in [0.2, 0.25) is 11.9 Å². The van der Waals surface area contributed by atoms with Gasteiger partial charge in [-0.25, -0.2) is 4.98 Å². The summed E-state index contributed by atoms with van der Waals surface area (Å²) in [4.78, 5) is 28.8. The Bertz CT molecular complexity index is 1010. The SMILES string of the molecule is Cc1cc(Nc2ncc(C3CCN(C(=O)C4CCCC4)CC3)c(NC3CCC(O)CC3)n2)ccn1. The molecule has 2 aromatic heterocycles. The predicted molar refractivity (Wildman–Crippen MR) is 137 cm³/mol. The zero-order chi connectivity index (χ0) is 24.2. The third-order valence-corrected chi connectivity index (χ3v) is 7.96.